The highest BCUT2D eigenvalue weighted by atomic mass is 16.6. The van der Waals surface area contributed by atoms with E-state index in [2.05, 4.69) is 5.92 Å². The molecular formula is C9H15NO2. The van der Waals surface area contributed by atoms with E-state index in [1.807, 2.05) is 0 Å². The van der Waals surface area contributed by atoms with Gasteiger partial charge in [0.1, 0.15) is 5.60 Å². The molecule has 3 heteroatoms. The average Bonchev–Trinajstić information content (AvgIpc) is 1.82. The van der Waals surface area contributed by atoms with Crippen LogP contribution in [0.15, 0.2) is 0 Å². The number of hydrogen-bond acceptors (Lipinski definition) is 3. The Hall–Kier alpha value is -1.01. The van der Waals surface area contributed by atoms with Gasteiger partial charge in [0.2, 0.25) is 0 Å². The minimum Gasteiger partial charge on any atom is -0.460 e. The number of carbonyl (C=O) groups is 1. The van der Waals surface area contributed by atoms with Crippen LogP contribution in [-0.4, -0.2) is 17.6 Å². The Bertz CT molecular complexity index is 198. The standard InChI is InChI=1S/C9H15NO2/c1-5-7(10)6-8(11)12-9(2,3)4/h1,7H,6,10H2,2-4H3. The molecule has 0 aromatic carbocycles. The molecule has 0 aromatic rings. The lowest BCUT2D eigenvalue weighted by Crippen LogP contribution is -2.29. The van der Waals surface area contributed by atoms with E-state index in [0.29, 0.717) is 0 Å². The number of terminal acetylenes is 1. The van der Waals surface area contributed by atoms with Crippen LogP contribution in [0.25, 0.3) is 0 Å². The van der Waals surface area contributed by atoms with Crippen LogP contribution in [0.3, 0.4) is 0 Å². The van der Waals surface area contributed by atoms with Gasteiger partial charge in [-0.25, -0.2) is 0 Å². The molecule has 0 spiro atoms. The lowest BCUT2D eigenvalue weighted by Gasteiger charge is -2.19. The highest BCUT2D eigenvalue weighted by Gasteiger charge is 2.17. The summed E-state index contributed by atoms with van der Waals surface area (Å²) in [6.07, 6.45) is 5.08. The third-order valence-electron chi connectivity index (χ3n) is 1.02. The first-order chi connectivity index (χ1) is 5.35. The van der Waals surface area contributed by atoms with Crippen LogP contribution in [-0.2, 0) is 9.53 Å². The SMILES string of the molecule is C#CC(N)CC(=O)OC(C)(C)C. The third-order valence-corrected chi connectivity index (χ3v) is 1.02. The first-order valence-corrected chi connectivity index (χ1v) is 3.78. The molecule has 0 saturated heterocycles. The third kappa shape index (κ3) is 5.75. The van der Waals surface area contributed by atoms with E-state index in [1.54, 1.807) is 20.8 Å². The molecule has 0 heterocycles. The Balaban J connectivity index is 3.85. The normalized spacial score (nSPS) is 13.2. The molecule has 68 valence electrons. The van der Waals surface area contributed by atoms with Crippen LogP contribution in [0, 0.1) is 12.3 Å². The number of esters is 1. The van der Waals surface area contributed by atoms with Crippen molar-refractivity contribution >= 4 is 5.97 Å². The highest BCUT2D eigenvalue weighted by Crippen LogP contribution is 2.08. The van der Waals surface area contributed by atoms with Crippen molar-refractivity contribution < 1.29 is 9.53 Å². The maximum Gasteiger partial charge on any atom is 0.308 e. The zero-order valence-electron chi connectivity index (χ0n) is 7.76. The van der Waals surface area contributed by atoms with Gasteiger partial charge in [0, 0.05) is 0 Å². The summed E-state index contributed by atoms with van der Waals surface area (Å²) >= 11 is 0. The van der Waals surface area contributed by atoms with Gasteiger partial charge in [-0.2, -0.15) is 0 Å². The molecule has 0 aliphatic rings. The summed E-state index contributed by atoms with van der Waals surface area (Å²) in [7, 11) is 0. The molecule has 0 fully saturated rings. The fourth-order valence-electron chi connectivity index (χ4n) is 0.622. The molecular weight excluding hydrogens is 154 g/mol. The van der Waals surface area contributed by atoms with E-state index < -0.39 is 11.6 Å². The second-order valence-electron chi connectivity index (χ2n) is 3.56. The Labute approximate surface area is 73.3 Å². The molecule has 0 rings (SSSR count). The molecule has 0 radical (unpaired) electrons. The van der Waals surface area contributed by atoms with Crippen LogP contribution in [0.2, 0.25) is 0 Å². The van der Waals surface area contributed by atoms with Crippen LogP contribution < -0.4 is 5.73 Å². The van der Waals surface area contributed by atoms with Crippen molar-refractivity contribution in [2.75, 3.05) is 0 Å². The van der Waals surface area contributed by atoms with Crippen molar-refractivity contribution in [1.82, 2.24) is 0 Å². The van der Waals surface area contributed by atoms with Crippen molar-refractivity contribution in [3.05, 3.63) is 0 Å². The topological polar surface area (TPSA) is 52.3 Å². The van der Waals surface area contributed by atoms with Gasteiger partial charge in [-0.3, -0.25) is 4.79 Å². The van der Waals surface area contributed by atoms with E-state index in [1.165, 1.54) is 0 Å². The van der Waals surface area contributed by atoms with Gasteiger partial charge in [0.05, 0.1) is 12.5 Å². The van der Waals surface area contributed by atoms with E-state index >= 15 is 0 Å². The van der Waals surface area contributed by atoms with Gasteiger partial charge in [-0.1, -0.05) is 5.92 Å². The summed E-state index contributed by atoms with van der Waals surface area (Å²) in [6, 6.07) is -0.542. The summed E-state index contributed by atoms with van der Waals surface area (Å²) in [5.74, 6) is 1.90. The second-order valence-corrected chi connectivity index (χ2v) is 3.56. The quantitative estimate of drug-likeness (QED) is 0.488. The summed E-state index contributed by atoms with van der Waals surface area (Å²) in [6.45, 7) is 5.39. The molecule has 1 unspecified atom stereocenters. The maximum absolute atomic E-state index is 11.0. The van der Waals surface area contributed by atoms with Crippen molar-refractivity contribution in [2.45, 2.75) is 38.8 Å². The number of ether oxygens (including phenoxy) is 1. The smallest absolute Gasteiger partial charge is 0.308 e. The van der Waals surface area contributed by atoms with Gasteiger partial charge in [0.25, 0.3) is 0 Å². The minimum atomic E-state index is -0.542. The fraction of sp³-hybridized carbons (Fsp3) is 0.667. The van der Waals surface area contributed by atoms with Crippen molar-refractivity contribution in [3.63, 3.8) is 0 Å². The van der Waals surface area contributed by atoms with Gasteiger partial charge >= 0.3 is 5.97 Å². The Morgan fingerprint density at radius 1 is 1.67 bits per heavy atom. The molecule has 0 bridgehead atoms. The molecule has 12 heavy (non-hydrogen) atoms. The van der Waals surface area contributed by atoms with Gasteiger partial charge in [-0.05, 0) is 20.8 Å². The lowest BCUT2D eigenvalue weighted by molar-refractivity contribution is -0.154. The molecule has 0 saturated carbocycles. The Kier molecular flexibility index (Phi) is 3.78. The Morgan fingerprint density at radius 2 is 2.17 bits per heavy atom. The Morgan fingerprint density at radius 3 is 2.50 bits per heavy atom. The van der Waals surface area contributed by atoms with Crippen LogP contribution in [0.5, 0.6) is 0 Å². The number of hydrogen-bond donors (Lipinski definition) is 1. The van der Waals surface area contributed by atoms with E-state index in [4.69, 9.17) is 16.9 Å². The molecule has 0 aliphatic carbocycles. The molecule has 2 N–H and O–H groups in total. The monoisotopic (exact) mass is 169 g/mol. The van der Waals surface area contributed by atoms with E-state index in [9.17, 15) is 4.79 Å². The van der Waals surface area contributed by atoms with Crippen molar-refractivity contribution in [2.24, 2.45) is 5.73 Å². The summed E-state index contributed by atoms with van der Waals surface area (Å²) in [5.41, 5.74) is 4.89. The predicted molar refractivity (Wildman–Crippen MR) is 47.3 cm³/mol. The summed E-state index contributed by atoms with van der Waals surface area (Å²) in [4.78, 5) is 11.0. The summed E-state index contributed by atoms with van der Waals surface area (Å²) in [5, 5.41) is 0. The molecule has 0 amide bonds. The van der Waals surface area contributed by atoms with Gasteiger partial charge in [-0.15, -0.1) is 6.42 Å². The van der Waals surface area contributed by atoms with Gasteiger partial charge < -0.3 is 10.5 Å². The second kappa shape index (κ2) is 4.13. The first-order valence-electron chi connectivity index (χ1n) is 3.78. The largest absolute Gasteiger partial charge is 0.460 e. The number of rotatable bonds is 2. The fourth-order valence-corrected chi connectivity index (χ4v) is 0.622. The molecule has 0 aromatic heterocycles. The van der Waals surface area contributed by atoms with Crippen LogP contribution >= 0.6 is 0 Å². The first kappa shape index (κ1) is 11.0. The van der Waals surface area contributed by atoms with Gasteiger partial charge in [0.15, 0.2) is 0 Å². The average molecular weight is 169 g/mol. The van der Waals surface area contributed by atoms with Crippen LogP contribution in [0.4, 0.5) is 0 Å². The maximum atomic E-state index is 11.0. The molecule has 1 atom stereocenters. The van der Waals surface area contributed by atoms with Crippen molar-refractivity contribution in [1.29, 1.82) is 0 Å². The molecule has 0 aliphatic heterocycles. The van der Waals surface area contributed by atoms with Crippen molar-refractivity contribution in [3.8, 4) is 12.3 Å². The predicted octanol–water partition coefficient (Wildman–Crippen LogP) is 0.679. The number of carbonyl (C=O) groups excluding carboxylic acids is 1. The number of nitrogens with two attached hydrogens (primary N) is 1. The molecule has 3 nitrogen and oxygen atoms in total. The summed E-state index contributed by atoms with van der Waals surface area (Å²) < 4.78 is 5.00. The minimum absolute atomic E-state index is 0.0772. The van der Waals surface area contributed by atoms with Crippen LogP contribution in [0.1, 0.15) is 27.2 Å². The zero-order valence-corrected chi connectivity index (χ0v) is 7.76. The van der Waals surface area contributed by atoms with E-state index in [0.717, 1.165) is 0 Å². The van der Waals surface area contributed by atoms with E-state index in [-0.39, 0.29) is 12.4 Å². The lowest BCUT2D eigenvalue weighted by atomic mass is 10.2. The highest BCUT2D eigenvalue weighted by molar-refractivity contribution is 5.71. The zero-order chi connectivity index (χ0) is 9.78.